The summed E-state index contributed by atoms with van der Waals surface area (Å²) in [6.45, 7) is 4.36. The van der Waals surface area contributed by atoms with E-state index in [1.165, 1.54) is 11.3 Å². The van der Waals surface area contributed by atoms with Crippen LogP contribution in [0.25, 0.3) is 11.3 Å². The molecule has 0 fully saturated rings. The van der Waals surface area contributed by atoms with Gasteiger partial charge in [0.05, 0.1) is 5.69 Å². The summed E-state index contributed by atoms with van der Waals surface area (Å²) < 4.78 is 1.92. The van der Waals surface area contributed by atoms with Gasteiger partial charge in [0.2, 0.25) is 0 Å². The van der Waals surface area contributed by atoms with E-state index in [1.54, 1.807) is 6.08 Å². The summed E-state index contributed by atoms with van der Waals surface area (Å²) in [5.41, 5.74) is 2.10. The van der Waals surface area contributed by atoms with Crippen molar-refractivity contribution in [3.8, 4) is 11.3 Å². The van der Waals surface area contributed by atoms with Gasteiger partial charge in [0.15, 0.2) is 4.80 Å². The normalized spacial score (nSPS) is 10.3. The lowest BCUT2D eigenvalue weighted by Crippen LogP contribution is -2.13. The van der Waals surface area contributed by atoms with Crippen molar-refractivity contribution in [3.63, 3.8) is 0 Å². The van der Waals surface area contributed by atoms with Crippen molar-refractivity contribution in [2.24, 2.45) is 0 Å². The Labute approximate surface area is 103 Å². The molecule has 0 radical (unpaired) electrons. The highest BCUT2D eigenvalue weighted by atomic mass is 35.5. The van der Waals surface area contributed by atoms with Gasteiger partial charge in [0.25, 0.3) is 0 Å². The number of halogens is 1. The Balaban J connectivity index is 2.51. The lowest BCUT2D eigenvalue weighted by atomic mass is 10.2. The van der Waals surface area contributed by atoms with E-state index in [4.69, 9.17) is 17.0 Å². The summed E-state index contributed by atoms with van der Waals surface area (Å²) in [5, 5.41) is 10.5. The molecule has 2 nitrogen and oxygen atoms in total. The van der Waals surface area contributed by atoms with Crippen molar-refractivity contribution in [2.45, 2.75) is 6.54 Å². The zero-order chi connectivity index (χ0) is 11.5. The summed E-state index contributed by atoms with van der Waals surface area (Å²) in [6, 6.07) is 7.64. The van der Waals surface area contributed by atoms with E-state index in [0.29, 0.717) is 11.3 Å². The fourth-order valence-electron chi connectivity index (χ4n) is 1.50. The second kappa shape index (κ2) is 4.68. The van der Waals surface area contributed by atoms with Crippen LogP contribution in [0, 0.1) is 5.41 Å². The molecule has 82 valence electrons. The SMILES string of the molecule is C=CCn1c(-c2ccc(Cl)cc2)csc1=N. The van der Waals surface area contributed by atoms with Crippen LogP contribution in [0.2, 0.25) is 5.02 Å². The van der Waals surface area contributed by atoms with Gasteiger partial charge in [0.1, 0.15) is 0 Å². The van der Waals surface area contributed by atoms with Crippen LogP contribution < -0.4 is 4.80 Å². The van der Waals surface area contributed by atoms with Crippen molar-refractivity contribution in [3.05, 3.63) is 52.1 Å². The molecule has 0 amide bonds. The second-order valence-corrected chi connectivity index (χ2v) is 4.63. The maximum absolute atomic E-state index is 7.79. The van der Waals surface area contributed by atoms with Crippen molar-refractivity contribution in [2.75, 3.05) is 0 Å². The van der Waals surface area contributed by atoms with Gasteiger partial charge in [-0.25, -0.2) is 0 Å². The van der Waals surface area contributed by atoms with E-state index in [0.717, 1.165) is 16.3 Å². The van der Waals surface area contributed by atoms with Gasteiger partial charge in [-0.15, -0.1) is 17.9 Å². The van der Waals surface area contributed by atoms with Gasteiger partial charge < -0.3 is 4.57 Å². The molecule has 0 spiro atoms. The number of rotatable bonds is 3. The van der Waals surface area contributed by atoms with E-state index in [-0.39, 0.29) is 0 Å². The Bertz CT molecular complexity index is 551. The Kier molecular flexibility index (Phi) is 3.27. The third-order valence-electron chi connectivity index (χ3n) is 2.27. The summed E-state index contributed by atoms with van der Waals surface area (Å²) in [7, 11) is 0. The van der Waals surface area contributed by atoms with Crippen LogP contribution in [0.4, 0.5) is 0 Å². The smallest absolute Gasteiger partial charge is 0.182 e. The Morgan fingerprint density at radius 3 is 2.69 bits per heavy atom. The molecule has 2 rings (SSSR count). The topological polar surface area (TPSA) is 28.8 Å². The summed E-state index contributed by atoms with van der Waals surface area (Å²) in [4.78, 5) is 0.532. The van der Waals surface area contributed by atoms with Crippen LogP contribution >= 0.6 is 22.9 Å². The molecule has 0 atom stereocenters. The monoisotopic (exact) mass is 250 g/mol. The van der Waals surface area contributed by atoms with Gasteiger partial charge in [0, 0.05) is 16.9 Å². The minimum atomic E-state index is 0.532. The zero-order valence-corrected chi connectivity index (χ0v) is 10.2. The molecule has 4 heteroatoms. The second-order valence-electron chi connectivity index (χ2n) is 3.33. The maximum Gasteiger partial charge on any atom is 0.182 e. The molecule has 16 heavy (non-hydrogen) atoms. The molecule has 0 aliphatic rings. The van der Waals surface area contributed by atoms with Crippen molar-refractivity contribution in [1.29, 1.82) is 5.41 Å². The van der Waals surface area contributed by atoms with Gasteiger partial charge in [-0.2, -0.15) is 0 Å². The quantitative estimate of drug-likeness (QED) is 0.808. The van der Waals surface area contributed by atoms with Gasteiger partial charge in [-0.3, -0.25) is 5.41 Å². The maximum atomic E-state index is 7.79. The first-order valence-corrected chi connectivity index (χ1v) is 6.08. The molecule has 0 saturated heterocycles. The van der Waals surface area contributed by atoms with Crippen LogP contribution in [0.3, 0.4) is 0 Å². The first-order chi connectivity index (χ1) is 7.72. The molecule has 0 bridgehead atoms. The van der Waals surface area contributed by atoms with Gasteiger partial charge in [-0.1, -0.05) is 29.8 Å². The number of allylic oxidation sites excluding steroid dienone is 1. The highest BCUT2D eigenvalue weighted by Gasteiger charge is 2.05. The van der Waals surface area contributed by atoms with Crippen LogP contribution in [0.1, 0.15) is 0 Å². The lowest BCUT2D eigenvalue weighted by Gasteiger charge is -2.05. The molecule has 0 saturated carbocycles. The van der Waals surface area contributed by atoms with E-state index >= 15 is 0 Å². The molecular formula is C12H11ClN2S. The van der Waals surface area contributed by atoms with Crippen molar-refractivity contribution < 1.29 is 0 Å². The first-order valence-electron chi connectivity index (χ1n) is 4.82. The standard InChI is InChI=1S/C12H11ClN2S/c1-2-7-15-11(8-16-12(15)14)9-3-5-10(13)6-4-9/h2-6,8,14H,1,7H2. The van der Waals surface area contributed by atoms with E-state index < -0.39 is 0 Å². The molecule has 0 aliphatic carbocycles. The summed E-state index contributed by atoms with van der Waals surface area (Å²) >= 11 is 7.27. The number of hydrogen-bond donors (Lipinski definition) is 1. The Morgan fingerprint density at radius 2 is 2.06 bits per heavy atom. The average molecular weight is 251 g/mol. The van der Waals surface area contributed by atoms with Crippen LogP contribution in [0.5, 0.6) is 0 Å². The van der Waals surface area contributed by atoms with Gasteiger partial charge in [-0.05, 0) is 17.7 Å². The third kappa shape index (κ3) is 2.10. The van der Waals surface area contributed by atoms with Gasteiger partial charge >= 0.3 is 0 Å². The molecule has 1 aromatic heterocycles. The number of nitrogens with one attached hydrogen (secondary N) is 1. The van der Waals surface area contributed by atoms with Crippen LogP contribution in [-0.2, 0) is 6.54 Å². The van der Waals surface area contributed by atoms with Crippen molar-refractivity contribution in [1.82, 2.24) is 4.57 Å². The molecule has 0 aliphatic heterocycles. The first kappa shape index (κ1) is 11.2. The van der Waals surface area contributed by atoms with E-state index in [9.17, 15) is 0 Å². The Morgan fingerprint density at radius 1 is 1.38 bits per heavy atom. The average Bonchev–Trinajstić information content (AvgIpc) is 2.63. The number of thiazole rings is 1. The van der Waals surface area contributed by atoms with E-state index in [2.05, 4.69) is 6.58 Å². The predicted octanol–water partition coefficient (Wildman–Crippen LogP) is 3.54. The number of aromatic nitrogens is 1. The summed E-state index contributed by atoms with van der Waals surface area (Å²) in [5.74, 6) is 0. The van der Waals surface area contributed by atoms with Crippen molar-refractivity contribution >= 4 is 22.9 Å². The molecule has 2 aromatic rings. The van der Waals surface area contributed by atoms with Crippen LogP contribution in [-0.4, -0.2) is 4.57 Å². The van der Waals surface area contributed by atoms with Crippen LogP contribution in [0.15, 0.2) is 42.3 Å². The predicted molar refractivity (Wildman–Crippen MR) is 68.8 cm³/mol. The summed E-state index contributed by atoms with van der Waals surface area (Å²) in [6.07, 6.45) is 1.80. The molecule has 0 unspecified atom stereocenters. The fraction of sp³-hybridized carbons (Fsp3) is 0.0833. The number of nitrogens with zero attached hydrogens (tertiary/aromatic N) is 1. The molecule has 1 aromatic carbocycles. The minimum Gasteiger partial charge on any atom is -0.313 e. The lowest BCUT2D eigenvalue weighted by molar-refractivity contribution is 0.788. The largest absolute Gasteiger partial charge is 0.313 e. The fourth-order valence-corrected chi connectivity index (χ4v) is 2.42. The highest BCUT2D eigenvalue weighted by molar-refractivity contribution is 7.07. The highest BCUT2D eigenvalue weighted by Crippen LogP contribution is 2.21. The molecule has 1 heterocycles. The molecule has 1 N–H and O–H groups in total. The number of hydrogen-bond acceptors (Lipinski definition) is 2. The number of benzene rings is 1. The van der Waals surface area contributed by atoms with E-state index in [1.807, 2.05) is 34.2 Å². The third-order valence-corrected chi connectivity index (χ3v) is 3.31. The molecular weight excluding hydrogens is 240 g/mol. The zero-order valence-electron chi connectivity index (χ0n) is 8.61. The minimum absolute atomic E-state index is 0.532. The Hall–Kier alpha value is -1.32.